The van der Waals surface area contributed by atoms with Crippen molar-refractivity contribution >= 4 is 17.3 Å². The van der Waals surface area contributed by atoms with Gasteiger partial charge in [-0.3, -0.25) is 4.79 Å². The molecule has 1 aromatic carbocycles. The van der Waals surface area contributed by atoms with Gasteiger partial charge in [0.15, 0.2) is 0 Å². The van der Waals surface area contributed by atoms with Crippen LogP contribution in [0.3, 0.4) is 0 Å². The van der Waals surface area contributed by atoms with Crippen molar-refractivity contribution < 1.29 is 4.79 Å². The van der Waals surface area contributed by atoms with Crippen LogP contribution in [-0.2, 0) is 4.79 Å². The maximum Gasteiger partial charge on any atom is 0.227 e. The van der Waals surface area contributed by atoms with E-state index in [0.717, 1.165) is 43.5 Å². The molecule has 1 heterocycles. The van der Waals surface area contributed by atoms with Crippen molar-refractivity contribution in [3.8, 4) is 0 Å². The van der Waals surface area contributed by atoms with Crippen LogP contribution in [0.5, 0.6) is 0 Å². The third kappa shape index (κ3) is 5.25. The first-order valence-corrected chi connectivity index (χ1v) is 10.8. The van der Waals surface area contributed by atoms with Gasteiger partial charge in [-0.15, -0.1) is 0 Å². The molecule has 2 fully saturated rings. The monoisotopic (exact) mass is 356 g/mol. The van der Waals surface area contributed by atoms with Crippen molar-refractivity contribution in [2.45, 2.75) is 71.6 Å². The van der Waals surface area contributed by atoms with E-state index in [9.17, 15) is 4.79 Å². The molecule has 0 bridgehead atoms. The van der Waals surface area contributed by atoms with Crippen LogP contribution in [0.4, 0.5) is 11.4 Å². The molecule has 1 saturated carbocycles. The third-order valence-electron chi connectivity index (χ3n) is 6.47. The van der Waals surface area contributed by atoms with Crippen LogP contribution in [0, 0.1) is 17.8 Å². The average Bonchev–Trinajstić information content (AvgIpc) is 2.68. The molecule has 2 aliphatic rings. The van der Waals surface area contributed by atoms with Crippen molar-refractivity contribution in [1.82, 2.24) is 0 Å². The number of carbonyl (C=O) groups excluding carboxylic acids is 1. The summed E-state index contributed by atoms with van der Waals surface area (Å²) in [7, 11) is 0. The fraction of sp³-hybridized carbons (Fsp3) is 0.696. The first-order valence-electron chi connectivity index (χ1n) is 10.8. The topological polar surface area (TPSA) is 32.3 Å². The second kappa shape index (κ2) is 9.43. The fourth-order valence-electron chi connectivity index (χ4n) is 4.47. The minimum absolute atomic E-state index is 0.205. The Morgan fingerprint density at radius 2 is 1.69 bits per heavy atom. The second-order valence-corrected chi connectivity index (χ2v) is 8.57. The van der Waals surface area contributed by atoms with Crippen LogP contribution in [0.2, 0.25) is 0 Å². The van der Waals surface area contributed by atoms with Gasteiger partial charge >= 0.3 is 0 Å². The summed E-state index contributed by atoms with van der Waals surface area (Å²) in [5.74, 6) is 2.13. The number of hydrogen-bond acceptors (Lipinski definition) is 2. The first-order chi connectivity index (χ1) is 12.7. The molecule has 3 rings (SSSR count). The van der Waals surface area contributed by atoms with E-state index in [0.29, 0.717) is 0 Å². The summed E-state index contributed by atoms with van der Waals surface area (Å²) in [5, 5.41) is 3.15. The number of nitrogens with one attached hydrogen (secondary N) is 1. The standard InChI is InChI=1S/C23H36N2O/c1-3-4-5-19-6-8-20(9-7-19)23(26)24-21-10-12-22(13-11-21)25-16-14-18(2)15-17-25/h10-13,18-20H,3-9,14-17H2,1-2H3,(H,24,26). The molecule has 0 atom stereocenters. The van der Waals surface area contributed by atoms with Crippen LogP contribution in [-0.4, -0.2) is 19.0 Å². The second-order valence-electron chi connectivity index (χ2n) is 8.57. The van der Waals surface area contributed by atoms with E-state index < -0.39 is 0 Å². The molecule has 3 heteroatoms. The molecule has 1 saturated heterocycles. The van der Waals surface area contributed by atoms with E-state index in [2.05, 4.69) is 48.3 Å². The smallest absolute Gasteiger partial charge is 0.227 e. The number of anilines is 2. The molecular formula is C23H36N2O. The number of amides is 1. The van der Waals surface area contributed by atoms with Crippen molar-refractivity contribution in [2.24, 2.45) is 17.8 Å². The predicted molar refractivity (Wildman–Crippen MR) is 111 cm³/mol. The highest BCUT2D eigenvalue weighted by Crippen LogP contribution is 2.32. The Bertz CT molecular complexity index is 552. The fourth-order valence-corrected chi connectivity index (χ4v) is 4.47. The zero-order valence-corrected chi connectivity index (χ0v) is 16.7. The molecule has 1 amide bonds. The Morgan fingerprint density at radius 3 is 2.31 bits per heavy atom. The van der Waals surface area contributed by atoms with Crippen molar-refractivity contribution in [2.75, 3.05) is 23.3 Å². The molecule has 0 unspecified atom stereocenters. The molecule has 0 radical (unpaired) electrons. The van der Waals surface area contributed by atoms with Gasteiger partial charge in [0, 0.05) is 30.4 Å². The van der Waals surface area contributed by atoms with Gasteiger partial charge in [-0.25, -0.2) is 0 Å². The number of carbonyl (C=O) groups is 1. The Morgan fingerprint density at radius 1 is 1.04 bits per heavy atom. The van der Waals surface area contributed by atoms with Gasteiger partial charge in [0.2, 0.25) is 5.91 Å². The lowest BCUT2D eigenvalue weighted by Gasteiger charge is -2.32. The first kappa shape index (κ1) is 19.3. The van der Waals surface area contributed by atoms with Gasteiger partial charge in [-0.2, -0.15) is 0 Å². The van der Waals surface area contributed by atoms with E-state index in [1.165, 1.54) is 50.6 Å². The van der Waals surface area contributed by atoms with Gasteiger partial charge in [-0.05, 0) is 74.6 Å². The Balaban J connectivity index is 1.46. The van der Waals surface area contributed by atoms with E-state index in [1.807, 2.05) is 0 Å². The van der Waals surface area contributed by atoms with E-state index in [4.69, 9.17) is 0 Å². The lowest BCUT2D eigenvalue weighted by molar-refractivity contribution is -0.121. The lowest BCUT2D eigenvalue weighted by Crippen LogP contribution is -2.32. The van der Waals surface area contributed by atoms with Crippen LogP contribution in [0.1, 0.15) is 71.6 Å². The highest BCUT2D eigenvalue weighted by Gasteiger charge is 2.26. The number of piperidine rings is 1. The Labute approximate surface area is 159 Å². The van der Waals surface area contributed by atoms with Gasteiger partial charge in [0.25, 0.3) is 0 Å². The molecule has 26 heavy (non-hydrogen) atoms. The van der Waals surface area contributed by atoms with Crippen LogP contribution < -0.4 is 10.2 Å². The minimum Gasteiger partial charge on any atom is -0.372 e. The molecule has 1 aromatic rings. The van der Waals surface area contributed by atoms with E-state index in [1.54, 1.807) is 0 Å². The van der Waals surface area contributed by atoms with Gasteiger partial charge < -0.3 is 10.2 Å². The van der Waals surface area contributed by atoms with Crippen molar-refractivity contribution in [3.63, 3.8) is 0 Å². The third-order valence-corrected chi connectivity index (χ3v) is 6.47. The highest BCUT2D eigenvalue weighted by molar-refractivity contribution is 5.92. The molecular weight excluding hydrogens is 320 g/mol. The molecule has 1 N–H and O–H groups in total. The molecule has 3 nitrogen and oxygen atoms in total. The van der Waals surface area contributed by atoms with Gasteiger partial charge in [0.05, 0.1) is 0 Å². The largest absolute Gasteiger partial charge is 0.372 e. The molecule has 0 aromatic heterocycles. The molecule has 1 aliphatic carbocycles. The Hall–Kier alpha value is -1.51. The van der Waals surface area contributed by atoms with Crippen molar-refractivity contribution in [3.05, 3.63) is 24.3 Å². The summed E-state index contributed by atoms with van der Waals surface area (Å²) in [6, 6.07) is 8.46. The van der Waals surface area contributed by atoms with E-state index >= 15 is 0 Å². The van der Waals surface area contributed by atoms with Gasteiger partial charge in [-0.1, -0.05) is 33.1 Å². The molecule has 0 spiro atoms. The summed E-state index contributed by atoms with van der Waals surface area (Å²) in [4.78, 5) is 15.1. The van der Waals surface area contributed by atoms with E-state index in [-0.39, 0.29) is 11.8 Å². The number of hydrogen-bond donors (Lipinski definition) is 1. The maximum absolute atomic E-state index is 12.6. The average molecular weight is 357 g/mol. The summed E-state index contributed by atoms with van der Waals surface area (Å²) < 4.78 is 0. The Kier molecular flexibility index (Phi) is 6.99. The lowest BCUT2D eigenvalue weighted by atomic mass is 9.79. The van der Waals surface area contributed by atoms with Crippen LogP contribution in [0.25, 0.3) is 0 Å². The SMILES string of the molecule is CCCCC1CCC(C(=O)Nc2ccc(N3CCC(C)CC3)cc2)CC1. The quantitative estimate of drug-likeness (QED) is 0.692. The van der Waals surface area contributed by atoms with Crippen LogP contribution in [0.15, 0.2) is 24.3 Å². The van der Waals surface area contributed by atoms with Crippen molar-refractivity contribution in [1.29, 1.82) is 0 Å². The number of benzene rings is 1. The zero-order valence-electron chi connectivity index (χ0n) is 16.7. The maximum atomic E-state index is 12.6. The number of unbranched alkanes of at least 4 members (excludes halogenated alkanes) is 1. The number of nitrogens with zero attached hydrogens (tertiary/aromatic N) is 1. The molecule has 1 aliphatic heterocycles. The summed E-state index contributed by atoms with van der Waals surface area (Å²) in [5.41, 5.74) is 2.23. The normalized spacial score (nSPS) is 24.5. The van der Waals surface area contributed by atoms with Gasteiger partial charge in [0.1, 0.15) is 0 Å². The van der Waals surface area contributed by atoms with Crippen LogP contribution >= 0.6 is 0 Å². The molecule has 144 valence electrons. The highest BCUT2D eigenvalue weighted by atomic mass is 16.1. The predicted octanol–water partition coefficient (Wildman–Crippen LogP) is 5.86. The summed E-state index contributed by atoms with van der Waals surface area (Å²) in [6.45, 7) is 6.89. The summed E-state index contributed by atoms with van der Waals surface area (Å²) in [6.07, 6.45) is 11.1. The summed E-state index contributed by atoms with van der Waals surface area (Å²) >= 11 is 0. The minimum atomic E-state index is 0.205. The number of rotatable bonds is 6. The zero-order chi connectivity index (χ0) is 18.4.